The highest BCUT2D eigenvalue weighted by Crippen LogP contribution is 2.45. The van der Waals surface area contributed by atoms with Crippen LogP contribution in [0.2, 0.25) is 0 Å². The number of nitrogens with zero attached hydrogens (tertiary/aromatic N) is 2. The lowest BCUT2D eigenvalue weighted by atomic mass is 9.97. The molecule has 2 aliphatic rings. The predicted octanol–water partition coefficient (Wildman–Crippen LogP) is 2.96. The monoisotopic (exact) mass is 232 g/mol. The SMILES string of the molecule is CC(C)c1ccnc2c1OCC1(C)CCCN21. The number of pyridine rings is 1. The summed E-state index contributed by atoms with van der Waals surface area (Å²) in [7, 11) is 0. The van der Waals surface area contributed by atoms with Crippen LogP contribution < -0.4 is 9.64 Å². The van der Waals surface area contributed by atoms with Crippen molar-refractivity contribution in [1.82, 2.24) is 4.98 Å². The second-order valence-electron chi connectivity index (χ2n) is 5.75. The number of hydrogen-bond donors (Lipinski definition) is 0. The van der Waals surface area contributed by atoms with Gasteiger partial charge in [-0.05, 0) is 31.7 Å². The van der Waals surface area contributed by atoms with Gasteiger partial charge in [0.25, 0.3) is 0 Å². The van der Waals surface area contributed by atoms with E-state index in [2.05, 4.69) is 36.7 Å². The van der Waals surface area contributed by atoms with Gasteiger partial charge in [0.05, 0.1) is 5.54 Å². The third-order valence-corrected chi connectivity index (χ3v) is 4.07. The van der Waals surface area contributed by atoms with Crippen LogP contribution in [0.1, 0.15) is 45.1 Å². The topological polar surface area (TPSA) is 25.4 Å². The van der Waals surface area contributed by atoms with E-state index in [4.69, 9.17) is 4.74 Å². The molecule has 2 aliphatic heterocycles. The third-order valence-electron chi connectivity index (χ3n) is 4.07. The Kier molecular flexibility index (Phi) is 2.32. The number of hydrogen-bond acceptors (Lipinski definition) is 3. The van der Waals surface area contributed by atoms with Crippen LogP contribution in [-0.4, -0.2) is 23.7 Å². The summed E-state index contributed by atoms with van der Waals surface area (Å²) in [6.07, 6.45) is 4.37. The standard InChI is InChI=1S/C14H20N2O/c1-10(2)11-5-7-15-13-12(11)17-9-14(3)6-4-8-16(13)14/h5,7,10H,4,6,8-9H2,1-3H3. The van der Waals surface area contributed by atoms with Gasteiger partial charge in [-0.3, -0.25) is 0 Å². The molecular formula is C14H20N2O. The zero-order chi connectivity index (χ0) is 12.0. The molecule has 0 aliphatic carbocycles. The number of fused-ring (bicyclic) bond motifs is 3. The van der Waals surface area contributed by atoms with Crippen molar-refractivity contribution < 1.29 is 4.74 Å². The first-order chi connectivity index (χ1) is 8.12. The quantitative estimate of drug-likeness (QED) is 0.744. The molecule has 17 heavy (non-hydrogen) atoms. The van der Waals surface area contributed by atoms with Crippen molar-refractivity contribution in [1.29, 1.82) is 0 Å². The zero-order valence-corrected chi connectivity index (χ0v) is 10.9. The van der Waals surface area contributed by atoms with E-state index in [0.717, 1.165) is 24.7 Å². The molecule has 0 N–H and O–H groups in total. The van der Waals surface area contributed by atoms with Crippen LogP contribution in [0.15, 0.2) is 12.3 Å². The number of aromatic nitrogens is 1. The normalized spacial score (nSPS) is 26.7. The van der Waals surface area contributed by atoms with Crippen LogP contribution in [0, 0.1) is 0 Å². The van der Waals surface area contributed by atoms with Gasteiger partial charge in [-0.25, -0.2) is 4.98 Å². The molecule has 0 aromatic carbocycles. The van der Waals surface area contributed by atoms with E-state index in [9.17, 15) is 0 Å². The first kappa shape index (κ1) is 10.9. The van der Waals surface area contributed by atoms with Crippen LogP contribution in [0.4, 0.5) is 5.82 Å². The minimum Gasteiger partial charge on any atom is -0.487 e. The van der Waals surface area contributed by atoms with E-state index in [1.54, 1.807) is 0 Å². The molecule has 1 fully saturated rings. The Hall–Kier alpha value is -1.25. The third kappa shape index (κ3) is 1.52. The molecule has 1 saturated heterocycles. The van der Waals surface area contributed by atoms with Crippen LogP contribution in [0.3, 0.4) is 0 Å². The van der Waals surface area contributed by atoms with Gasteiger partial charge in [-0.1, -0.05) is 13.8 Å². The van der Waals surface area contributed by atoms with Crippen molar-refractivity contribution in [3.8, 4) is 5.75 Å². The fourth-order valence-electron chi connectivity index (χ4n) is 3.01. The molecule has 1 atom stereocenters. The van der Waals surface area contributed by atoms with E-state index in [1.165, 1.54) is 18.4 Å². The first-order valence-electron chi connectivity index (χ1n) is 6.51. The maximum absolute atomic E-state index is 6.03. The van der Waals surface area contributed by atoms with Crippen molar-refractivity contribution in [2.75, 3.05) is 18.1 Å². The second kappa shape index (κ2) is 3.62. The Balaban J connectivity index is 2.10. The van der Waals surface area contributed by atoms with Gasteiger partial charge in [0.2, 0.25) is 0 Å². The predicted molar refractivity (Wildman–Crippen MR) is 68.8 cm³/mol. The molecule has 92 valence electrons. The van der Waals surface area contributed by atoms with Crippen LogP contribution >= 0.6 is 0 Å². The largest absolute Gasteiger partial charge is 0.487 e. The van der Waals surface area contributed by atoms with Crippen molar-refractivity contribution in [3.63, 3.8) is 0 Å². The van der Waals surface area contributed by atoms with Crippen LogP contribution in [0.25, 0.3) is 0 Å². The lowest BCUT2D eigenvalue weighted by Crippen LogP contribution is -2.49. The maximum atomic E-state index is 6.03. The van der Waals surface area contributed by atoms with Crippen molar-refractivity contribution in [2.45, 2.75) is 45.1 Å². The van der Waals surface area contributed by atoms with Gasteiger partial charge in [0.15, 0.2) is 11.6 Å². The Bertz CT molecular complexity index is 444. The Morgan fingerprint density at radius 3 is 3.06 bits per heavy atom. The summed E-state index contributed by atoms with van der Waals surface area (Å²) in [5, 5.41) is 0. The summed E-state index contributed by atoms with van der Waals surface area (Å²) in [5.41, 5.74) is 1.44. The van der Waals surface area contributed by atoms with E-state index in [1.807, 2.05) is 6.20 Å². The Morgan fingerprint density at radius 2 is 2.29 bits per heavy atom. The lowest BCUT2D eigenvalue weighted by Gasteiger charge is -2.41. The molecule has 0 radical (unpaired) electrons. The first-order valence-corrected chi connectivity index (χ1v) is 6.51. The van der Waals surface area contributed by atoms with Gasteiger partial charge in [0, 0.05) is 18.3 Å². The van der Waals surface area contributed by atoms with Gasteiger partial charge < -0.3 is 9.64 Å². The number of ether oxygens (including phenoxy) is 1. The van der Waals surface area contributed by atoms with E-state index in [-0.39, 0.29) is 5.54 Å². The molecule has 0 amide bonds. The summed E-state index contributed by atoms with van der Waals surface area (Å²) in [4.78, 5) is 6.99. The highest BCUT2D eigenvalue weighted by atomic mass is 16.5. The van der Waals surface area contributed by atoms with Crippen LogP contribution in [0.5, 0.6) is 5.75 Å². The highest BCUT2D eigenvalue weighted by molar-refractivity contribution is 5.61. The molecule has 1 aromatic rings. The minimum atomic E-state index is 0.162. The smallest absolute Gasteiger partial charge is 0.172 e. The van der Waals surface area contributed by atoms with Gasteiger partial charge in [-0.15, -0.1) is 0 Å². The molecule has 1 aromatic heterocycles. The Morgan fingerprint density at radius 1 is 1.47 bits per heavy atom. The zero-order valence-electron chi connectivity index (χ0n) is 10.9. The summed E-state index contributed by atoms with van der Waals surface area (Å²) in [6.45, 7) is 8.60. The fraction of sp³-hybridized carbons (Fsp3) is 0.643. The summed E-state index contributed by atoms with van der Waals surface area (Å²) in [6, 6.07) is 2.09. The highest BCUT2D eigenvalue weighted by Gasteiger charge is 2.43. The maximum Gasteiger partial charge on any atom is 0.172 e. The molecule has 0 bridgehead atoms. The summed E-state index contributed by atoms with van der Waals surface area (Å²) >= 11 is 0. The van der Waals surface area contributed by atoms with E-state index < -0.39 is 0 Å². The summed E-state index contributed by atoms with van der Waals surface area (Å²) < 4.78 is 6.03. The molecule has 3 nitrogen and oxygen atoms in total. The molecule has 3 heteroatoms. The molecule has 3 heterocycles. The van der Waals surface area contributed by atoms with Crippen molar-refractivity contribution in [3.05, 3.63) is 17.8 Å². The fourth-order valence-corrected chi connectivity index (χ4v) is 3.01. The van der Waals surface area contributed by atoms with Crippen molar-refractivity contribution in [2.24, 2.45) is 0 Å². The van der Waals surface area contributed by atoms with Gasteiger partial charge >= 0.3 is 0 Å². The molecule has 0 spiro atoms. The second-order valence-corrected chi connectivity index (χ2v) is 5.75. The average molecular weight is 232 g/mol. The van der Waals surface area contributed by atoms with E-state index in [0.29, 0.717) is 5.92 Å². The molecular weight excluding hydrogens is 212 g/mol. The van der Waals surface area contributed by atoms with Crippen molar-refractivity contribution >= 4 is 5.82 Å². The number of rotatable bonds is 1. The number of anilines is 1. The minimum absolute atomic E-state index is 0.162. The van der Waals surface area contributed by atoms with Crippen LogP contribution in [-0.2, 0) is 0 Å². The molecule has 1 unspecified atom stereocenters. The average Bonchev–Trinajstić information content (AvgIpc) is 2.70. The summed E-state index contributed by atoms with van der Waals surface area (Å²) in [5.74, 6) is 2.56. The molecule has 0 saturated carbocycles. The molecule has 3 rings (SSSR count). The van der Waals surface area contributed by atoms with Gasteiger partial charge in [0.1, 0.15) is 6.61 Å². The Labute approximate surface area is 103 Å². The lowest BCUT2D eigenvalue weighted by molar-refractivity contribution is 0.208. The van der Waals surface area contributed by atoms with E-state index >= 15 is 0 Å². The van der Waals surface area contributed by atoms with Gasteiger partial charge in [-0.2, -0.15) is 0 Å².